The van der Waals surface area contributed by atoms with Crippen LogP contribution in [0.5, 0.6) is 0 Å². The Bertz CT molecular complexity index is 751. The van der Waals surface area contributed by atoms with E-state index in [0.717, 1.165) is 31.2 Å². The highest BCUT2D eigenvalue weighted by atomic mass is 16.6. The second-order valence-electron chi connectivity index (χ2n) is 7.49. The monoisotopic (exact) mass is 375 g/mol. The van der Waals surface area contributed by atoms with Crippen molar-refractivity contribution >= 4 is 23.3 Å². The van der Waals surface area contributed by atoms with Gasteiger partial charge in [-0.2, -0.15) is 0 Å². The zero-order valence-electron chi connectivity index (χ0n) is 15.4. The molecule has 0 aromatic heterocycles. The van der Waals surface area contributed by atoms with E-state index in [9.17, 15) is 24.8 Å². The molecule has 1 heterocycles. The molecule has 146 valence electrons. The van der Waals surface area contributed by atoms with Crippen LogP contribution < -0.4 is 5.32 Å². The number of non-ortho nitro benzene ring substituents is 1. The number of rotatable bonds is 6. The number of carbonyl (C=O) groups excluding carboxylic acids is 1. The molecule has 2 aliphatic rings. The molecular formula is C19H25N3O5. The number of carboxylic acid groups (broad SMARTS) is 1. The first kappa shape index (κ1) is 19.3. The van der Waals surface area contributed by atoms with Gasteiger partial charge in [-0.05, 0) is 37.7 Å². The summed E-state index contributed by atoms with van der Waals surface area (Å²) in [5, 5.41) is 23.2. The molecule has 8 heteroatoms. The first-order valence-electron chi connectivity index (χ1n) is 9.40. The van der Waals surface area contributed by atoms with E-state index in [-0.39, 0.29) is 24.1 Å². The topological polar surface area (TPSA) is 113 Å². The summed E-state index contributed by atoms with van der Waals surface area (Å²) < 4.78 is 0. The second kappa shape index (κ2) is 8.04. The number of hydrogen-bond acceptors (Lipinski definition) is 5. The quantitative estimate of drug-likeness (QED) is 0.584. The number of aliphatic carboxylic acids is 1. The highest BCUT2D eigenvalue weighted by molar-refractivity contribution is 5.92. The average molecular weight is 375 g/mol. The van der Waals surface area contributed by atoms with Crippen molar-refractivity contribution in [3.8, 4) is 0 Å². The van der Waals surface area contributed by atoms with Crippen LogP contribution in [0.25, 0.3) is 0 Å². The van der Waals surface area contributed by atoms with Crippen molar-refractivity contribution < 1.29 is 19.6 Å². The highest BCUT2D eigenvalue weighted by Gasteiger charge is 2.44. The fourth-order valence-corrected chi connectivity index (χ4v) is 4.42. The zero-order valence-corrected chi connectivity index (χ0v) is 15.4. The number of amides is 1. The summed E-state index contributed by atoms with van der Waals surface area (Å²) in [5.41, 5.74) is 1.08. The molecule has 2 N–H and O–H groups in total. The Hall–Kier alpha value is -2.48. The van der Waals surface area contributed by atoms with E-state index < -0.39 is 16.9 Å². The molecule has 8 nitrogen and oxygen atoms in total. The number of anilines is 1. The van der Waals surface area contributed by atoms with Crippen LogP contribution in [-0.4, -0.2) is 45.4 Å². The summed E-state index contributed by atoms with van der Waals surface area (Å²) in [7, 11) is 0. The summed E-state index contributed by atoms with van der Waals surface area (Å²) in [6.07, 6.45) is 5.11. The van der Waals surface area contributed by atoms with E-state index in [2.05, 4.69) is 5.32 Å². The first-order chi connectivity index (χ1) is 12.9. The number of aryl methyl sites for hydroxylation is 1. The molecule has 0 bridgehead atoms. The fraction of sp³-hybridized carbons (Fsp3) is 0.579. The number of benzene rings is 1. The fourth-order valence-electron chi connectivity index (χ4n) is 4.42. The standard InChI is InChI=1S/C19H25N3O5/c1-12-6-7-14(22(26)27)11-15(12)20-18(23)8-9-21-16-5-3-2-4-13(16)10-17(21)19(24)25/h6-7,11,13,16-17H,2-5,8-10H2,1H3,(H,20,23)(H,24,25). The number of nitro groups is 1. The van der Waals surface area contributed by atoms with Crippen molar-refractivity contribution in [2.24, 2.45) is 5.92 Å². The van der Waals surface area contributed by atoms with Gasteiger partial charge in [-0.25, -0.2) is 0 Å². The van der Waals surface area contributed by atoms with Crippen molar-refractivity contribution in [2.75, 3.05) is 11.9 Å². The Morgan fingerprint density at radius 2 is 2.07 bits per heavy atom. The van der Waals surface area contributed by atoms with Crippen LogP contribution in [0.15, 0.2) is 18.2 Å². The normalized spacial score (nSPS) is 25.0. The van der Waals surface area contributed by atoms with Crippen LogP contribution in [0.3, 0.4) is 0 Å². The van der Waals surface area contributed by atoms with Gasteiger partial charge in [0.15, 0.2) is 0 Å². The molecule has 3 unspecified atom stereocenters. The second-order valence-corrected chi connectivity index (χ2v) is 7.49. The number of fused-ring (bicyclic) bond motifs is 1. The summed E-state index contributed by atoms with van der Waals surface area (Å²) in [6.45, 7) is 2.16. The van der Waals surface area contributed by atoms with Gasteiger partial charge in [0.2, 0.25) is 5.91 Å². The average Bonchev–Trinajstić information content (AvgIpc) is 3.00. The maximum atomic E-state index is 12.4. The molecule has 3 atom stereocenters. The Labute approximate surface area is 157 Å². The Morgan fingerprint density at radius 1 is 1.33 bits per heavy atom. The molecule has 1 aromatic carbocycles. The molecule has 1 aliphatic carbocycles. The van der Waals surface area contributed by atoms with E-state index >= 15 is 0 Å². The largest absolute Gasteiger partial charge is 0.480 e. The summed E-state index contributed by atoms with van der Waals surface area (Å²) in [6, 6.07) is 4.06. The van der Waals surface area contributed by atoms with E-state index in [1.54, 1.807) is 13.0 Å². The van der Waals surface area contributed by atoms with Gasteiger partial charge in [0.1, 0.15) is 6.04 Å². The minimum atomic E-state index is -0.820. The molecular weight excluding hydrogens is 350 g/mol. The maximum Gasteiger partial charge on any atom is 0.320 e. The molecule has 0 spiro atoms. The van der Waals surface area contributed by atoms with Crippen molar-refractivity contribution in [3.05, 3.63) is 33.9 Å². The zero-order chi connectivity index (χ0) is 19.6. The number of carboxylic acids is 1. The lowest BCUT2D eigenvalue weighted by atomic mass is 9.85. The van der Waals surface area contributed by atoms with Crippen molar-refractivity contribution in [2.45, 2.75) is 57.5 Å². The third kappa shape index (κ3) is 4.27. The van der Waals surface area contributed by atoms with Gasteiger partial charge in [0.05, 0.1) is 10.6 Å². The number of nitrogens with zero attached hydrogens (tertiary/aromatic N) is 2. The predicted octanol–water partition coefficient (Wildman–Crippen LogP) is 2.95. The van der Waals surface area contributed by atoms with Gasteiger partial charge >= 0.3 is 5.97 Å². The predicted molar refractivity (Wildman–Crippen MR) is 99.6 cm³/mol. The molecule has 1 amide bonds. The minimum absolute atomic E-state index is 0.0774. The maximum absolute atomic E-state index is 12.4. The van der Waals surface area contributed by atoms with E-state index in [1.807, 2.05) is 4.90 Å². The van der Waals surface area contributed by atoms with Crippen molar-refractivity contribution in [3.63, 3.8) is 0 Å². The van der Waals surface area contributed by atoms with Crippen LogP contribution in [0.1, 0.15) is 44.1 Å². The van der Waals surface area contributed by atoms with Gasteiger partial charge in [-0.1, -0.05) is 18.9 Å². The third-order valence-corrected chi connectivity index (χ3v) is 5.81. The molecule has 3 rings (SSSR count). The lowest BCUT2D eigenvalue weighted by molar-refractivity contribution is -0.384. The lowest BCUT2D eigenvalue weighted by Gasteiger charge is -2.32. The highest BCUT2D eigenvalue weighted by Crippen LogP contribution is 2.39. The summed E-state index contributed by atoms with van der Waals surface area (Å²) in [4.78, 5) is 36.4. The van der Waals surface area contributed by atoms with E-state index in [1.165, 1.54) is 12.1 Å². The van der Waals surface area contributed by atoms with Gasteiger partial charge in [0, 0.05) is 31.1 Å². The molecule has 2 fully saturated rings. The van der Waals surface area contributed by atoms with Gasteiger partial charge in [-0.3, -0.25) is 24.6 Å². The number of hydrogen-bond donors (Lipinski definition) is 2. The van der Waals surface area contributed by atoms with Crippen LogP contribution in [0.4, 0.5) is 11.4 Å². The number of nitro benzene ring substituents is 1. The third-order valence-electron chi connectivity index (χ3n) is 5.81. The van der Waals surface area contributed by atoms with Crippen LogP contribution in [0.2, 0.25) is 0 Å². The molecule has 27 heavy (non-hydrogen) atoms. The summed E-state index contributed by atoms with van der Waals surface area (Å²) in [5.74, 6) is -0.678. The van der Waals surface area contributed by atoms with Crippen molar-refractivity contribution in [1.82, 2.24) is 4.90 Å². The van der Waals surface area contributed by atoms with Crippen LogP contribution in [0, 0.1) is 23.0 Å². The molecule has 1 aromatic rings. The molecule has 1 saturated heterocycles. The van der Waals surface area contributed by atoms with Gasteiger partial charge in [-0.15, -0.1) is 0 Å². The Morgan fingerprint density at radius 3 is 2.78 bits per heavy atom. The Kier molecular flexibility index (Phi) is 5.74. The lowest BCUT2D eigenvalue weighted by Crippen LogP contribution is -2.43. The van der Waals surface area contributed by atoms with E-state index in [0.29, 0.717) is 24.6 Å². The number of likely N-dealkylation sites (tertiary alicyclic amines) is 1. The van der Waals surface area contributed by atoms with Crippen molar-refractivity contribution in [1.29, 1.82) is 0 Å². The number of nitrogens with one attached hydrogen (secondary N) is 1. The van der Waals surface area contributed by atoms with E-state index in [4.69, 9.17) is 0 Å². The minimum Gasteiger partial charge on any atom is -0.480 e. The molecule has 0 radical (unpaired) electrons. The summed E-state index contributed by atoms with van der Waals surface area (Å²) >= 11 is 0. The van der Waals surface area contributed by atoms with Crippen LogP contribution in [-0.2, 0) is 9.59 Å². The van der Waals surface area contributed by atoms with Crippen LogP contribution >= 0.6 is 0 Å². The molecule has 1 aliphatic heterocycles. The smallest absolute Gasteiger partial charge is 0.320 e. The first-order valence-corrected chi connectivity index (χ1v) is 9.40. The number of carbonyl (C=O) groups is 2. The van der Waals surface area contributed by atoms with Gasteiger partial charge in [0.25, 0.3) is 5.69 Å². The molecule has 1 saturated carbocycles. The Balaban J connectivity index is 1.63. The van der Waals surface area contributed by atoms with Gasteiger partial charge < -0.3 is 10.4 Å². The SMILES string of the molecule is Cc1ccc([N+](=O)[O-])cc1NC(=O)CCN1C(C(=O)O)CC2CCCCC21.